The molecule has 0 heterocycles. The zero-order chi connectivity index (χ0) is 78.8. The van der Waals surface area contributed by atoms with Gasteiger partial charge in [0.05, 0.1) is 32.0 Å². The number of aliphatic hydroxyl groups excluding tert-OH is 4. The van der Waals surface area contributed by atoms with E-state index in [1.807, 2.05) is 0 Å². The van der Waals surface area contributed by atoms with Gasteiger partial charge in [0.15, 0.2) is 5.96 Å². The van der Waals surface area contributed by atoms with Gasteiger partial charge in [0.2, 0.25) is 65.0 Å². The quantitative estimate of drug-likeness (QED) is 0.0142. The molecule has 0 saturated carbocycles. The van der Waals surface area contributed by atoms with Gasteiger partial charge in [-0.05, 0) is 116 Å². The second kappa shape index (κ2) is 45.0. The van der Waals surface area contributed by atoms with Crippen LogP contribution in [-0.2, 0) is 81.6 Å². The number of phenols is 3. The molecule has 26 N–H and O–H groups in total. The third-order valence-corrected chi connectivity index (χ3v) is 16.6. The first kappa shape index (κ1) is 88.8. The Kier molecular flexibility index (Phi) is 38.0. The minimum Gasteiger partial charge on any atom is -0.508 e. The molecule has 105 heavy (non-hydrogen) atoms. The van der Waals surface area contributed by atoms with Gasteiger partial charge in [-0.25, -0.2) is 4.79 Å². The maximum Gasteiger partial charge on any atom is 0.326 e. The van der Waals surface area contributed by atoms with E-state index in [-0.39, 0.29) is 79.9 Å². The average molecular weight is 1500 g/mol. The van der Waals surface area contributed by atoms with Crippen molar-refractivity contribution in [1.29, 1.82) is 0 Å². The van der Waals surface area contributed by atoms with E-state index >= 15 is 0 Å². The van der Waals surface area contributed by atoms with Gasteiger partial charge in [0.1, 0.15) is 83.7 Å². The topological polar surface area (TPSA) is 627 Å². The summed E-state index contributed by atoms with van der Waals surface area (Å²) in [5.41, 5.74) is 17.7. The molecule has 0 unspecified atom stereocenters. The maximum atomic E-state index is 14.7. The molecule has 0 aliphatic heterocycles. The van der Waals surface area contributed by atoms with Crippen molar-refractivity contribution < 1.29 is 108 Å². The molecule has 3 aromatic rings. The highest BCUT2D eigenvalue weighted by atomic mass is 32.2. The SMILES string of the molecule is CSCC[C@H](NC(=O)[C@H](Cc1ccc(O)cc1)NC(=O)[C@H](Cc1ccc(O)cc1)NC(=O)[C@H](CO)NC(=O)[C@@H](NC(=O)[C@H](CC(C)C)NC(=O)[C@H](CCC(=O)O)NC(=O)[C@H](CO)NC(=O)[C@H](Cc1ccc(O)cc1)NC(=O)[C@H](CO)NC(=O)[C@@H](N)C(C)C)[C@@H](C)O)C(=O)N[C@@H](CCCN=C(N)N)C(=O)O. The van der Waals surface area contributed by atoms with Crippen molar-refractivity contribution in [2.45, 2.75) is 171 Å². The van der Waals surface area contributed by atoms with E-state index in [0.717, 1.165) is 6.92 Å². The Morgan fingerprint density at radius 1 is 0.429 bits per heavy atom. The zero-order valence-electron chi connectivity index (χ0n) is 58.9. The van der Waals surface area contributed by atoms with Crippen molar-refractivity contribution in [2.24, 2.45) is 34.0 Å². The van der Waals surface area contributed by atoms with Crippen LogP contribution in [0.5, 0.6) is 17.2 Å². The molecular weight excluding hydrogens is 1400 g/mol. The maximum absolute atomic E-state index is 14.7. The molecule has 11 amide bonds. The van der Waals surface area contributed by atoms with Crippen LogP contribution in [0.4, 0.5) is 0 Å². The van der Waals surface area contributed by atoms with Crippen LogP contribution in [0.25, 0.3) is 0 Å². The van der Waals surface area contributed by atoms with Gasteiger partial charge in [-0.2, -0.15) is 11.8 Å². The number of benzene rings is 3. The number of aromatic hydroxyl groups is 3. The summed E-state index contributed by atoms with van der Waals surface area (Å²) in [7, 11) is 0. The number of aliphatic carboxylic acids is 2. The molecule has 3 rings (SSSR count). The fourth-order valence-electron chi connectivity index (χ4n) is 9.99. The molecule has 0 aliphatic carbocycles. The number of carbonyl (C=O) groups excluding carboxylic acids is 11. The van der Waals surface area contributed by atoms with E-state index in [9.17, 15) is 108 Å². The molecule has 0 bridgehead atoms. The van der Waals surface area contributed by atoms with Crippen molar-refractivity contribution in [3.05, 3.63) is 89.5 Å². The first-order valence-corrected chi connectivity index (χ1v) is 34.8. The molecule has 0 aliphatic rings. The summed E-state index contributed by atoms with van der Waals surface area (Å²) in [6.07, 6.45) is -2.89. The van der Waals surface area contributed by atoms with Gasteiger partial charge < -0.3 is 122 Å². The van der Waals surface area contributed by atoms with Crippen LogP contribution in [-0.4, -0.2) is 246 Å². The number of hydrogen-bond donors (Lipinski definition) is 23. The van der Waals surface area contributed by atoms with Gasteiger partial charge in [-0.1, -0.05) is 64.1 Å². The minimum atomic E-state index is -2.01. The van der Waals surface area contributed by atoms with Gasteiger partial charge >= 0.3 is 11.9 Å². The fourth-order valence-corrected chi connectivity index (χ4v) is 10.5. The lowest BCUT2D eigenvalue weighted by Gasteiger charge is -2.29. The predicted octanol–water partition coefficient (Wildman–Crippen LogP) is -5.69. The summed E-state index contributed by atoms with van der Waals surface area (Å²) in [6.45, 7) is 4.24. The molecule has 37 nitrogen and oxygen atoms in total. The van der Waals surface area contributed by atoms with Crippen LogP contribution >= 0.6 is 11.8 Å². The molecule has 0 radical (unpaired) electrons. The number of nitrogens with zero attached hydrogens (tertiary/aromatic N) is 1. The van der Waals surface area contributed by atoms with Crippen LogP contribution in [0.1, 0.15) is 89.8 Å². The van der Waals surface area contributed by atoms with Crippen LogP contribution in [0.15, 0.2) is 77.8 Å². The van der Waals surface area contributed by atoms with Gasteiger partial charge in [-0.15, -0.1) is 0 Å². The number of rotatable bonds is 46. The number of aliphatic imine (C=N–C) groups is 1. The highest BCUT2D eigenvalue weighted by molar-refractivity contribution is 7.98. The Morgan fingerprint density at radius 3 is 1.10 bits per heavy atom. The Bertz CT molecular complexity index is 3440. The van der Waals surface area contributed by atoms with E-state index in [1.54, 1.807) is 34.0 Å². The lowest BCUT2D eigenvalue weighted by atomic mass is 10.0. The van der Waals surface area contributed by atoms with Gasteiger partial charge in [-0.3, -0.25) is 62.5 Å². The normalized spacial score (nSPS) is 14.9. The summed E-state index contributed by atoms with van der Waals surface area (Å²) >= 11 is 1.30. The molecule has 580 valence electrons. The van der Waals surface area contributed by atoms with E-state index in [1.165, 1.54) is 84.6 Å². The largest absolute Gasteiger partial charge is 0.508 e. The van der Waals surface area contributed by atoms with E-state index in [0.29, 0.717) is 16.7 Å². The highest BCUT2D eigenvalue weighted by Crippen LogP contribution is 2.17. The summed E-state index contributed by atoms with van der Waals surface area (Å²) in [5.74, 6) is -16.4. The number of thioether (sulfide) groups is 1. The number of carboxylic acid groups (broad SMARTS) is 2. The molecule has 0 saturated heterocycles. The van der Waals surface area contributed by atoms with E-state index in [4.69, 9.17) is 17.2 Å². The third-order valence-electron chi connectivity index (χ3n) is 16.0. The lowest BCUT2D eigenvalue weighted by Crippen LogP contribution is -2.63. The smallest absolute Gasteiger partial charge is 0.326 e. The zero-order valence-corrected chi connectivity index (χ0v) is 59.7. The Morgan fingerprint density at radius 2 is 0.752 bits per heavy atom. The number of aliphatic hydroxyl groups is 4. The first-order valence-electron chi connectivity index (χ1n) is 33.4. The van der Waals surface area contributed by atoms with Crippen molar-refractivity contribution >= 4 is 94.6 Å². The molecule has 13 atom stereocenters. The molecule has 0 spiro atoms. The van der Waals surface area contributed by atoms with Crippen molar-refractivity contribution in [3.63, 3.8) is 0 Å². The summed E-state index contributed by atoms with van der Waals surface area (Å²) < 4.78 is 0. The monoisotopic (exact) mass is 1500 g/mol. The Labute approximate surface area is 609 Å². The minimum absolute atomic E-state index is 0.0331. The number of nitrogens with two attached hydrogens (primary N) is 3. The van der Waals surface area contributed by atoms with Crippen LogP contribution in [0.2, 0.25) is 0 Å². The van der Waals surface area contributed by atoms with Crippen LogP contribution in [0, 0.1) is 11.8 Å². The standard InChI is InChI=1S/C67H99N15O22S/c1-33(2)26-45(75-55(92)42(21-22-52(90)91)72-61(98)49(30-83)79-59(96)48(29-38-13-19-41(89)20-14-38)78-62(99)50(31-84)80-64(101)53(68)34(3)4)60(97)82-54(35(5)86)65(102)81-51(32-85)63(100)77-47(28-37-11-17-40(88)18-12-37)58(95)76-46(27-36-9-15-39(87)16-10-36)57(94)73-43(23-25-105-6)56(93)74-44(66(103)104)8-7-24-71-67(69)70/h9-20,33-35,42-51,53-54,83-89H,7-8,21-32,68H2,1-6H3,(H,72,98)(H,73,94)(H,74,93)(H,75,92)(H,76,95)(H,77,100)(H,78,99)(H,79,96)(H,80,101)(H,81,102)(H,82,97)(H,90,91)(H,103,104)(H4,69,70,71)/t35-,42+,43+,44+,45+,46+,47+,48+,49+,50+,51+,53+,54+/m1/s1. The highest BCUT2D eigenvalue weighted by Gasteiger charge is 2.38. The predicted molar refractivity (Wildman–Crippen MR) is 379 cm³/mol. The molecule has 0 fully saturated rings. The summed E-state index contributed by atoms with van der Waals surface area (Å²) in [4.78, 5) is 182. The molecule has 3 aromatic carbocycles. The Hall–Kier alpha value is -10.4. The van der Waals surface area contributed by atoms with Crippen molar-refractivity contribution in [1.82, 2.24) is 58.5 Å². The van der Waals surface area contributed by atoms with Crippen LogP contribution < -0.4 is 75.7 Å². The number of phenolic OH excluding ortho intramolecular Hbond substituents is 3. The van der Waals surface area contributed by atoms with E-state index in [2.05, 4.69) is 63.5 Å². The van der Waals surface area contributed by atoms with Crippen molar-refractivity contribution in [2.75, 3.05) is 38.4 Å². The average Bonchev–Trinajstić information content (AvgIpc) is 0.850. The lowest BCUT2D eigenvalue weighted by molar-refractivity contribution is -0.142. The van der Waals surface area contributed by atoms with Gasteiger partial charge in [0.25, 0.3) is 0 Å². The summed E-state index contributed by atoms with van der Waals surface area (Å²) in [5, 5.41) is 118. The number of nitrogens with one attached hydrogen (secondary N) is 11. The number of hydrogen-bond acceptors (Lipinski definition) is 23. The number of guanidine groups is 1. The van der Waals surface area contributed by atoms with E-state index < -0.39 is 201 Å². The molecular formula is C67H99N15O22S. The number of carboxylic acids is 2. The molecule has 38 heteroatoms. The third kappa shape index (κ3) is 31.6. The second-order valence-corrected chi connectivity index (χ2v) is 26.4. The summed E-state index contributed by atoms with van der Waals surface area (Å²) in [6, 6.07) is -3.94. The fraction of sp³-hybridized carbons (Fsp3) is 0.522. The second-order valence-electron chi connectivity index (χ2n) is 25.4. The van der Waals surface area contributed by atoms with Crippen LogP contribution in [0.3, 0.4) is 0 Å². The van der Waals surface area contributed by atoms with Gasteiger partial charge in [0, 0.05) is 32.2 Å². The van der Waals surface area contributed by atoms with Crippen molar-refractivity contribution in [3.8, 4) is 17.2 Å². The first-order chi connectivity index (χ1) is 49.5. The Balaban J connectivity index is 1.93. The number of carbonyl (C=O) groups is 13. The molecule has 0 aromatic heterocycles. The number of amides is 11.